The fraction of sp³-hybridized carbons (Fsp3) is 0.483. The molecule has 3 heteroatoms. The first kappa shape index (κ1) is 29.6. The summed E-state index contributed by atoms with van der Waals surface area (Å²) in [5.41, 5.74) is 3.55. The Morgan fingerprint density at radius 1 is 1.00 bits per heavy atom. The third-order valence-corrected chi connectivity index (χ3v) is 5.52. The maximum Gasteiger partial charge on any atom is 0.227 e. The van der Waals surface area contributed by atoms with Crippen LogP contribution in [0.25, 0.3) is 0 Å². The summed E-state index contributed by atoms with van der Waals surface area (Å²) in [6.07, 6.45) is 20.1. The fourth-order valence-electron chi connectivity index (χ4n) is 4.01. The number of carbonyl (C=O) groups excluding carboxylic acids is 1. The highest BCUT2D eigenvalue weighted by Gasteiger charge is 2.33. The van der Waals surface area contributed by atoms with Crippen molar-refractivity contribution in [1.29, 1.82) is 0 Å². The molecule has 0 aliphatic carbocycles. The minimum Gasteiger partial charge on any atom is -0.309 e. The van der Waals surface area contributed by atoms with Gasteiger partial charge in [0.1, 0.15) is 0 Å². The van der Waals surface area contributed by atoms with Crippen molar-refractivity contribution in [2.75, 3.05) is 19.6 Å². The molecule has 3 nitrogen and oxygen atoms in total. The number of amides is 1. The molecule has 0 atom stereocenters. The van der Waals surface area contributed by atoms with Crippen LogP contribution in [0.1, 0.15) is 66.7 Å². The second-order valence-corrected chi connectivity index (χ2v) is 7.25. The molecule has 32 heavy (non-hydrogen) atoms. The molecule has 0 unspecified atom stereocenters. The van der Waals surface area contributed by atoms with E-state index >= 15 is 0 Å². The molecule has 0 spiro atoms. The van der Waals surface area contributed by atoms with Crippen molar-refractivity contribution in [3.8, 4) is 0 Å². The molecule has 2 fully saturated rings. The summed E-state index contributed by atoms with van der Waals surface area (Å²) < 4.78 is 0. The van der Waals surface area contributed by atoms with Crippen LogP contribution in [0.4, 0.5) is 0 Å². The van der Waals surface area contributed by atoms with Crippen LogP contribution in [0, 0.1) is 0 Å². The average molecular weight is 439 g/mol. The number of hydrogen-bond donors (Lipinski definition) is 0. The van der Waals surface area contributed by atoms with Gasteiger partial charge in [-0.3, -0.25) is 4.79 Å². The van der Waals surface area contributed by atoms with Gasteiger partial charge >= 0.3 is 0 Å². The van der Waals surface area contributed by atoms with Gasteiger partial charge in [-0.15, -0.1) is 0 Å². The number of hydrogen-bond acceptors (Lipinski definition) is 2. The van der Waals surface area contributed by atoms with E-state index < -0.39 is 0 Å². The molecule has 0 saturated carbocycles. The standard InChI is InChI=1S/C25H34N2O.2C2H6/c1-5-9-10-12-21(7-3)15-18-26-19-16-23(17-20-26)27-24(8-4)22(11-6-2)13-14-25(27)28;2*1-2/h5-12,23H,1-3,13-20H2,4H3;2*1-2H3/b10-9-,21-12+,22-11-,24-8+;;. The minimum absolute atomic E-state index is 0.263. The first-order valence-corrected chi connectivity index (χ1v) is 12.3. The van der Waals surface area contributed by atoms with Crippen molar-refractivity contribution >= 4 is 5.91 Å². The quantitative estimate of drug-likeness (QED) is 0.369. The number of allylic oxidation sites excluding steroid dienone is 9. The molecular formula is C29H46N2O. The lowest BCUT2D eigenvalue weighted by Gasteiger charge is -2.42. The second kappa shape index (κ2) is 18.2. The summed E-state index contributed by atoms with van der Waals surface area (Å²) in [5, 5.41) is 0. The van der Waals surface area contributed by atoms with Crippen molar-refractivity contribution in [2.24, 2.45) is 0 Å². The Hall–Kier alpha value is -2.39. The molecular weight excluding hydrogens is 392 g/mol. The zero-order chi connectivity index (χ0) is 24.4. The first-order chi connectivity index (χ1) is 15.6. The normalized spacial score (nSPS) is 20.5. The van der Waals surface area contributed by atoms with Gasteiger partial charge in [0.05, 0.1) is 0 Å². The first-order valence-electron chi connectivity index (χ1n) is 12.3. The van der Waals surface area contributed by atoms with Crippen molar-refractivity contribution in [1.82, 2.24) is 9.80 Å². The predicted molar refractivity (Wildman–Crippen MR) is 143 cm³/mol. The van der Waals surface area contributed by atoms with Gasteiger partial charge < -0.3 is 9.80 Å². The van der Waals surface area contributed by atoms with E-state index in [1.165, 1.54) is 11.1 Å². The molecule has 0 aromatic heterocycles. The monoisotopic (exact) mass is 438 g/mol. The summed E-state index contributed by atoms with van der Waals surface area (Å²) >= 11 is 0. The molecule has 0 bridgehead atoms. The zero-order valence-corrected chi connectivity index (χ0v) is 21.3. The van der Waals surface area contributed by atoms with E-state index in [0.717, 1.165) is 51.0 Å². The van der Waals surface area contributed by atoms with Gasteiger partial charge in [-0.05, 0) is 43.8 Å². The molecule has 2 aliphatic rings. The smallest absolute Gasteiger partial charge is 0.227 e. The maximum atomic E-state index is 12.7. The average Bonchev–Trinajstić information content (AvgIpc) is 2.85. The van der Waals surface area contributed by atoms with Crippen molar-refractivity contribution < 1.29 is 4.79 Å². The largest absolute Gasteiger partial charge is 0.309 e. The lowest BCUT2D eigenvalue weighted by atomic mass is 9.93. The molecule has 0 radical (unpaired) electrons. The van der Waals surface area contributed by atoms with Gasteiger partial charge in [0.2, 0.25) is 5.91 Å². The van der Waals surface area contributed by atoms with Crippen LogP contribution in [-0.2, 0) is 4.79 Å². The molecule has 178 valence electrons. The summed E-state index contributed by atoms with van der Waals surface area (Å²) in [5.74, 6) is 0.263. The number of likely N-dealkylation sites (tertiary alicyclic amines) is 2. The second-order valence-electron chi connectivity index (χ2n) is 7.25. The van der Waals surface area contributed by atoms with E-state index in [9.17, 15) is 4.79 Å². The van der Waals surface area contributed by atoms with E-state index in [1.807, 2.05) is 65.0 Å². The molecule has 0 aromatic rings. The van der Waals surface area contributed by atoms with Crippen molar-refractivity contribution in [3.63, 3.8) is 0 Å². The van der Waals surface area contributed by atoms with Crippen LogP contribution in [0.15, 0.2) is 85.2 Å². The van der Waals surface area contributed by atoms with E-state index in [0.29, 0.717) is 12.5 Å². The Balaban J connectivity index is 0.00000227. The summed E-state index contributed by atoms with van der Waals surface area (Å²) in [6, 6.07) is 0.299. The van der Waals surface area contributed by atoms with E-state index in [1.54, 1.807) is 6.08 Å². The number of rotatable bonds is 8. The third kappa shape index (κ3) is 9.40. The lowest BCUT2D eigenvalue weighted by molar-refractivity contribution is -0.132. The molecule has 2 rings (SSSR count). The van der Waals surface area contributed by atoms with Crippen LogP contribution in [0.3, 0.4) is 0 Å². The SMILES string of the molecule is C=C/C=C\C=C(/C=C)CCN1CCC(N2C(=O)CCC(=C/C=C)/C2=C\C)CC1.CC.CC. The molecule has 0 N–H and O–H groups in total. The van der Waals surface area contributed by atoms with Crippen molar-refractivity contribution in [2.45, 2.75) is 72.8 Å². The van der Waals surface area contributed by atoms with Crippen LogP contribution >= 0.6 is 0 Å². The Bertz CT molecular complexity index is 701. The topological polar surface area (TPSA) is 23.6 Å². The maximum absolute atomic E-state index is 12.7. The molecule has 2 aliphatic heterocycles. The molecule has 0 aromatic carbocycles. The Morgan fingerprint density at radius 3 is 2.19 bits per heavy atom. The summed E-state index contributed by atoms with van der Waals surface area (Å²) in [4.78, 5) is 17.2. The van der Waals surface area contributed by atoms with Gasteiger partial charge in [0.15, 0.2) is 0 Å². The van der Waals surface area contributed by atoms with Gasteiger partial charge in [-0.2, -0.15) is 0 Å². The van der Waals surface area contributed by atoms with E-state index in [2.05, 4.69) is 41.7 Å². The Kier molecular flexibility index (Phi) is 16.8. The highest BCUT2D eigenvalue weighted by atomic mass is 16.2. The van der Waals surface area contributed by atoms with Crippen LogP contribution in [-0.4, -0.2) is 41.4 Å². The molecule has 2 saturated heterocycles. The zero-order valence-electron chi connectivity index (χ0n) is 21.3. The van der Waals surface area contributed by atoms with Gasteiger partial charge in [0, 0.05) is 37.8 Å². The van der Waals surface area contributed by atoms with E-state index in [4.69, 9.17) is 0 Å². The van der Waals surface area contributed by atoms with Crippen LogP contribution in [0.2, 0.25) is 0 Å². The lowest BCUT2D eigenvalue weighted by Crippen LogP contribution is -2.48. The summed E-state index contributed by atoms with van der Waals surface area (Å²) in [6.45, 7) is 24.5. The van der Waals surface area contributed by atoms with E-state index in [-0.39, 0.29) is 5.91 Å². The van der Waals surface area contributed by atoms with Crippen LogP contribution < -0.4 is 0 Å². The summed E-state index contributed by atoms with van der Waals surface area (Å²) in [7, 11) is 0. The Labute approximate surface area is 198 Å². The highest BCUT2D eigenvalue weighted by Crippen LogP contribution is 2.32. The van der Waals surface area contributed by atoms with Gasteiger partial charge in [0.25, 0.3) is 0 Å². The minimum atomic E-state index is 0.263. The van der Waals surface area contributed by atoms with Gasteiger partial charge in [-0.1, -0.05) is 96.0 Å². The molecule has 2 heterocycles. The number of piperidine rings is 2. The molecule has 1 amide bonds. The highest BCUT2D eigenvalue weighted by molar-refractivity contribution is 5.82. The fourth-order valence-corrected chi connectivity index (χ4v) is 4.01. The Morgan fingerprint density at radius 2 is 1.66 bits per heavy atom. The van der Waals surface area contributed by atoms with Crippen molar-refractivity contribution in [3.05, 3.63) is 85.2 Å². The van der Waals surface area contributed by atoms with Crippen LogP contribution in [0.5, 0.6) is 0 Å². The number of carbonyl (C=O) groups is 1. The number of nitrogens with zero attached hydrogens (tertiary/aromatic N) is 2. The predicted octanol–water partition coefficient (Wildman–Crippen LogP) is 7.39. The third-order valence-electron chi connectivity index (χ3n) is 5.52. The van der Waals surface area contributed by atoms with Gasteiger partial charge in [-0.25, -0.2) is 0 Å².